The first kappa shape index (κ1) is 21.4. The van der Waals surface area contributed by atoms with Crippen LogP contribution < -0.4 is 0 Å². The van der Waals surface area contributed by atoms with Crippen LogP contribution in [0.25, 0.3) is 34.4 Å². The molecule has 0 bridgehead atoms. The third kappa shape index (κ3) is 2.58. The minimum absolute atomic E-state index is 0.0322. The fourth-order valence-electron chi connectivity index (χ4n) is 7.36. The van der Waals surface area contributed by atoms with Crippen LogP contribution >= 0.6 is 15.9 Å². The van der Waals surface area contributed by atoms with Gasteiger partial charge in [-0.25, -0.2) is 0 Å². The Labute approximate surface area is 226 Å². The van der Waals surface area contributed by atoms with Crippen LogP contribution in [0.5, 0.6) is 0 Å². The Balaban J connectivity index is 1.59. The number of benzene rings is 5. The topological polar surface area (TPSA) is 0 Å². The molecule has 0 amide bonds. The summed E-state index contributed by atoms with van der Waals surface area (Å²) >= 11 is 3.83. The lowest BCUT2D eigenvalue weighted by Crippen LogP contribution is -2.30. The van der Waals surface area contributed by atoms with Crippen molar-refractivity contribution in [2.75, 3.05) is 0 Å². The second kappa shape index (κ2) is 7.21. The van der Waals surface area contributed by atoms with Crippen molar-refractivity contribution in [2.45, 2.75) is 24.7 Å². The molecule has 0 heterocycles. The minimum Gasteiger partial charge on any atom is -0.0619 e. The fraction of sp³-hybridized carbons (Fsp3) is 0.111. The molecule has 1 heteroatoms. The molecule has 1 spiro atoms. The van der Waals surface area contributed by atoms with E-state index in [9.17, 15) is 0 Å². The molecule has 0 saturated heterocycles. The van der Waals surface area contributed by atoms with Gasteiger partial charge in [0.2, 0.25) is 0 Å². The summed E-state index contributed by atoms with van der Waals surface area (Å²) in [5.74, 6) is 0. The van der Waals surface area contributed by atoms with Gasteiger partial charge in [-0.05, 0) is 91.0 Å². The van der Waals surface area contributed by atoms with Crippen LogP contribution in [0.1, 0.15) is 58.4 Å². The highest BCUT2D eigenvalue weighted by Gasteiger charge is 2.50. The molecule has 0 radical (unpaired) electrons. The maximum atomic E-state index is 3.83. The van der Waals surface area contributed by atoms with Crippen LogP contribution in [0.3, 0.4) is 0 Å². The second-order valence-corrected chi connectivity index (χ2v) is 12.0. The quantitative estimate of drug-likeness (QED) is 0.181. The van der Waals surface area contributed by atoms with Crippen LogP contribution in [-0.2, 0) is 10.8 Å². The van der Waals surface area contributed by atoms with Crippen molar-refractivity contribution in [1.29, 1.82) is 0 Å². The van der Waals surface area contributed by atoms with Gasteiger partial charge in [0, 0.05) is 9.89 Å². The minimum atomic E-state index is -0.401. The zero-order valence-electron chi connectivity index (χ0n) is 20.8. The van der Waals surface area contributed by atoms with Gasteiger partial charge in [0.05, 0.1) is 5.41 Å². The van der Waals surface area contributed by atoms with Crippen LogP contribution in [-0.4, -0.2) is 0 Å². The monoisotopic (exact) mass is 536 g/mol. The summed E-state index contributed by atoms with van der Waals surface area (Å²) in [6.45, 7) is 4.75. The van der Waals surface area contributed by atoms with Crippen LogP contribution in [0.2, 0.25) is 0 Å². The third-order valence-electron chi connectivity index (χ3n) is 8.97. The van der Waals surface area contributed by atoms with Gasteiger partial charge in [0.1, 0.15) is 0 Å². The highest BCUT2D eigenvalue weighted by molar-refractivity contribution is 9.10. The van der Waals surface area contributed by atoms with Gasteiger partial charge >= 0.3 is 0 Å². The summed E-state index contributed by atoms with van der Waals surface area (Å²) < 4.78 is 1.11. The molecule has 0 aliphatic heterocycles. The van der Waals surface area contributed by atoms with Crippen molar-refractivity contribution < 1.29 is 0 Å². The van der Waals surface area contributed by atoms with Crippen molar-refractivity contribution in [3.63, 3.8) is 0 Å². The van der Waals surface area contributed by atoms with Gasteiger partial charge in [0.15, 0.2) is 0 Å². The standard InChI is InChI=1S/C36H25Br/c1-35(2)30-13-7-4-10-25(30)27-21-34-28(20-33(27)35)26-11-5-8-14-31(26)36(34)29-12-6-3-9-22(29)15-16-23-17-18-24(37)19-32(23)36/h3-21H,1-2H3. The van der Waals surface area contributed by atoms with E-state index in [1.165, 1.54) is 66.8 Å². The number of fused-ring (bicyclic) bond motifs is 12. The van der Waals surface area contributed by atoms with Crippen molar-refractivity contribution >= 4 is 28.1 Å². The van der Waals surface area contributed by atoms with Crippen molar-refractivity contribution in [2.24, 2.45) is 0 Å². The van der Waals surface area contributed by atoms with Gasteiger partial charge in [-0.15, -0.1) is 0 Å². The van der Waals surface area contributed by atoms with Crippen LogP contribution in [0, 0.1) is 0 Å². The first-order valence-electron chi connectivity index (χ1n) is 13.0. The molecule has 5 aromatic carbocycles. The van der Waals surface area contributed by atoms with Crippen molar-refractivity contribution in [3.05, 3.63) is 152 Å². The summed E-state index contributed by atoms with van der Waals surface area (Å²) in [5.41, 5.74) is 15.8. The Hall–Kier alpha value is -3.68. The molecular formula is C36H25Br. The Morgan fingerprint density at radius 1 is 0.459 bits per heavy atom. The van der Waals surface area contributed by atoms with Gasteiger partial charge in [-0.3, -0.25) is 0 Å². The molecular weight excluding hydrogens is 512 g/mol. The highest BCUT2D eigenvalue weighted by atomic mass is 79.9. The summed E-state index contributed by atoms with van der Waals surface area (Å²) in [5, 5.41) is 0. The van der Waals surface area contributed by atoms with E-state index >= 15 is 0 Å². The van der Waals surface area contributed by atoms with E-state index in [-0.39, 0.29) is 5.41 Å². The Kier molecular flexibility index (Phi) is 4.17. The molecule has 0 fully saturated rings. The first-order chi connectivity index (χ1) is 18.0. The van der Waals surface area contributed by atoms with E-state index in [4.69, 9.17) is 0 Å². The molecule has 0 nitrogen and oxygen atoms in total. The summed E-state index contributed by atoms with van der Waals surface area (Å²) in [6, 6.07) is 38.8. The highest BCUT2D eigenvalue weighted by Crippen LogP contribution is 2.61. The predicted molar refractivity (Wildman–Crippen MR) is 158 cm³/mol. The predicted octanol–water partition coefficient (Wildman–Crippen LogP) is 9.60. The third-order valence-corrected chi connectivity index (χ3v) is 9.47. The maximum absolute atomic E-state index is 3.83. The molecule has 3 aliphatic carbocycles. The molecule has 0 saturated carbocycles. The fourth-order valence-corrected chi connectivity index (χ4v) is 7.72. The molecule has 0 aromatic heterocycles. The largest absolute Gasteiger partial charge is 0.0725 e. The second-order valence-electron chi connectivity index (χ2n) is 11.1. The van der Waals surface area contributed by atoms with Gasteiger partial charge in [0.25, 0.3) is 0 Å². The lowest BCUT2D eigenvalue weighted by atomic mass is 9.65. The number of hydrogen-bond donors (Lipinski definition) is 0. The zero-order valence-corrected chi connectivity index (χ0v) is 22.4. The Bertz CT molecular complexity index is 1820. The summed E-state index contributed by atoms with van der Waals surface area (Å²) in [7, 11) is 0. The SMILES string of the molecule is CC1(C)c2ccccc2-c2cc3c(cc21)-c1ccccc1C31c2ccccc2C=Cc2ccc(Br)cc21. The van der Waals surface area contributed by atoms with Crippen molar-refractivity contribution in [3.8, 4) is 22.3 Å². The Morgan fingerprint density at radius 3 is 1.81 bits per heavy atom. The van der Waals surface area contributed by atoms with Crippen LogP contribution in [0.15, 0.2) is 108 Å². The normalized spacial score (nSPS) is 18.9. The Morgan fingerprint density at radius 2 is 1.03 bits per heavy atom. The molecule has 3 aliphatic rings. The molecule has 0 N–H and O–H groups in total. The summed E-state index contributed by atoms with van der Waals surface area (Å²) in [6.07, 6.45) is 4.59. The van der Waals surface area contributed by atoms with E-state index < -0.39 is 5.41 Å². The van der Waals surface area contributed by atoms with Gasteiger partial charge < -0.3 is 0 Å². The van der Waals surface area contributed by atoms with E-state index in [2.05, 4.69) is 145 Å². The first-order valence-corrected chi connectivity index (χ1v) is 13.8. The molecule has 37 heavy (non-hydrogen) atoms. The molecule has 8 rings (SSSR count). The maximum Gasteiger partial charge on any atom is 0.0725 e. The van der Waals surface area contributed by atoms with Gasteiger partial charge in [-0.1, -0.05) is 121 Å². The number of halogens is 1. The number of hydrogen-bond acceptors (Lipinski definition) is 0. The average Bonchev–Trinajstić information content (AvgIpc) is 3.27. The van der Waals surface area contributed by atoms with Crippen LogP contribution in [0.4, 0.5) is 0 Å². The zero-order chi connectivity index (χ0) is 24.9. The number of rotatable bonds is 0. The van der Waals surface area contributed by atoms with Gasteiger partial charge in [-0.2, -0.15) is 0 Å². The molecule has 1 atom stereocenters. The lowest BCUT2D eigenvalue weighted by Gasteiger charge is -2.35. The summed E-state index contributed by atoms with van der Waals surface area (Å²) in [4.78, 5) is 0. The van der Waals surface area contributed by atoms with E-state index in [0.29, 0.717) is 0 Å². The molecule has 1 unspecified atom stereocenters. The molecule has 5 aromatic rings. The smallest absolute Gasteiger partial charge is 0.0619 e. The van der Waals surface area contributed by atoms with E-state index in [0.717, 1.165) is 4.47 Å². The lowest BCUT2D eigenvalue weighted by molar-refractivity contribution is 0.660. The van der Waals surface area contributed by atoms with E-state index in [1.807, 2.05) is 0 Å². The average molecular weight is 538 g/mol. The van der Waals surface area contributed by atoms with Crippen molar-refractivity contribution in [1.82, 2.24) is 0 Å². The molecule has 176 valence electrons. The van der Waals surface area contributed by atoms with E-state index in [1.54, 1.807) is 0 Å².